The van der Waals surface area contributed by atoms with Crippen LogP contribution in [0.5, 0.6) is 0 Å². The van der Waals surface area contributed by atoms with Crippen molar-refractivity contribution in [3.63, 3.8) is 0 Å². The highest BCUT2D eigenvalue weighted by Crippen LogP contribution is 2.29. The van der Waals surface area contributed by atoms with Gasteiger partial charge in [-0.05, 0) is 25.0 Å². The van der Waals surface area contributed by atoms with E-state index in [9.17, 15) is 0 Å². The summed E-state index contributed by atoms with van der Waals surface area (Å²) in [4.78, 5) is 0. The van der Waals surface area contributed by atoms with Crippen LogP contribution in [0.2, 0.25) is 0 Å². The third kappa shape index (κ3) is 2.86. The zero-order valence-electron chi connectivity index (χ0n) is 11.6. The summed E-state index contributed by atoms with van der Waals surface area (Å²) in [6.07, 6.45) is 0. The molecule has 0 aromatic heterocycles. The molecule has 2 heteroatoms. The molecule has 0 bridgehead atoms. The van der Waals surface area contributed by atoms with Crippen molar-refractivity contribution < 1.29 is 0 Å². The SMILES string of the molecule is CC(C)NC(CN)(c1ccccc1)c1ccccc1. The second-order valence-corrected chi connectivity index (χ2v) is 5.14. The van der Waals surface area contributed by atoms with Gasteiger partial charge in [0, 0.05) is 12.6 Å². The number of rotatable bonds is 5. The largest absolute Gasteiger partial charge is 0.328 e. The summed E-state index contributed by atoms with van der Waals surface area (Å²) in [6.45, 7) is 4.83. The number of hydrogen-bond acceptors (Lipinski definition) is 2. The van der Waals surface area contributed by atoms with Crippen molar-refractivity contribution in [2.75, 3.05) is 6.54 Å². The van der Waals surface area contributed by atoms with Crippen molar-refractivity contribution in [3.05, 3.63) is 71.8 Å². The summed E-state index contributed by atoms with van der Waals surface area (Å²) in [5.74, 6) is 0. The lowest BCUT2D eigenvalue weighted by Gasteiger charge is -2.37. The maximum Gasteiger partial charge on any atom is 0.0816 e. The van der Waals surface area contributed by atoms with Gasteiger partial charge in [0.1, 0.15) is 0 Å². The van der Waals surface area contributed by atoms with Crippen molar-refractivity contribution in [1.82, 2.24) is 5.32 Å². The average molecular weight is 254 g/mol. The molecule has 0 amide bonds. The molecule has 0 heterocycles. The highest BCUT2D eigenvalue weighted by atomic mass is 15.0. The van der Waals surface area contributed by atoms with Crippen molar-refractivity contribution in [1.29, 1.82) is 0 Å². The molecule has 0 spiro atoms. The van der Waals surface area contributed by atoms with Gasteiger partial charge in [-0.25, -0.2) is 0 Å². The Balaban J connectivity index is 2.55. The van der Waals surface area contributed by atoms with Crippen LogP contribution < -0.4 is 11.1 Å². The van der Waals surface area contributed by atoms with Gasteiger partial charge in [0.2, 0.25) is 0 Å². The van der Waals surface area contributed by atoms with Crippen LogP contribution in [0.4, 0.5) is 0 Å². The first-order valence-corrected chi connectivity index (χ1v) is 6.78. The number of nitrogens with one attached hydrogen (secondary N) is 1. The van der Waals surface area contributed by atoms with E-state index in [1.807, 2.05) is 12.1 Å². The fraction of sp³-hybridized carbons (Fsp3) is 0.294. The Morgan fingerprint density at radius 1 is 0.895 bits per heavy atom. The van der Waals surface area contributed by atoms with Gasteiger partial charge in [-0.1, -0.05) is 60.7 Å². The van der Waals surface area contributed by atoms with E-state index in [0.717, 1.165) is 0 Å². The van der Waals surface area contributed by atoms with Gasteiger partial charge < -0.3 is 11.1 Å². The van der Waals surface area contributed by atoms with Gasteiger partial charge in [-0.15, -0.1) is 0 Å². The molecule has 2 aromatic carbocycles. The first-order chi connectivity index (χ1) is 9.19. The Kier molecular flexibility index (Phi) is 4.35. The molecule has 0 unspecified atom stereocenters. The van der Waals surface area contributed by atoms with Crippen molar-refractivity contribution in [2.45, 2.75) is 25.4 Å². The van der Waals surface area contributed by atoms with Crippen LogP contribution in [-0.4, -0.2) is 12.6 Å². The topological polar surface area (TPSA) is 38.0 Å². The molecule has 2 aromatic rings. The normalized spacial score (nSPS) is 11.8. The molecule has 100 valence electrons. The van der Waals surface area contributed by atoms with E-state index in [0.29, 0.717) is 12.6 Å². The third-order valence-corrected chi connectivity index (χ3v) is 3.37. The first kappa shape index (κ1) is 13.8. The van der Waals surface area contributed by atoms with E-state index in [2.05, 4.69) is 67.7 Å². The minimum atomic E-state index is -0.323. The second kappa shape index (κ2) is 6.00. The molecule has 3 N–H and O–H groups in total. The zero-order valence-corrected chi connectivity index (χ0v) is 11.6. The summed E-state index contributed by atoms with van der Waals surface area (Å²) >= 11 is 0. The lowest BCUT2D eigenvalue weighted by molar-refractivity contribution is 0.372. The zero-order chi connectivity index (χ0) is 13.7. The molecular weight excluding hydrogens is 232 g/mol. The average Bonchev–Trinajstić information content (AvgIpc) is 2.46. The van der Waals surface area contributed by atoms with Crippen molar-refractivity contribution in [3.8, 4) is 0 Å². The predicted octanol–water partition coefficient (Wildman–Crippen LogP) is 2.89. The van der Waals surface area contributed by atoms with Crippen LogP contribution in [0, 0.1) is 0 Å². The lowest BCUT2D eigenvalue weighted by Crippen LogP contribution is -2.52. The fourth-order valence-corrected chi connectivity index (χ4v) is 2.57. The molecule has 0 fully saturated rings. The van der Waals surface area contributed by atoms with Gasteiger partial charge >= 0.3 is 0 Å². The van der Waals surface area contributed by atoms with Crippen LogP contribution in [0.15, 0.2) is 60.7 Å². The van der Waals surface area contributed by atoms with Gasteiger partial charge in [0.15, 0.2) is 0 Å². The Bertz CT molecular complexity index is 452. The molecule has 2 nitrogen and oxygen atoms in total. The van der Waals surface area contributed by atoms with E-state index in [4.69, 9.17) is 5.73 Å². The van der Waals surface area contributed by atoms with E-state index in [-0.39, 0.29) is 5.54 Å². The first-order valence-electron chi connectivity index (χ1n) is 6.78. The molecular formula is C17H22N2. The Labute approximate surface area is 115 Å². The van der Waals surface area contributed by atoms with Crippen LogP contribution in [0.1, 0.15) is 25.0 Å². The standard InChI is InChI=1S/C17H22N2/c1-14(2)19-17(13-18,15-9-5-3-6-10-15)16-11-7-4-8-12-16/h3-12,14,19H,13,18H2,1-2H3. The summed E-state index contributed by atoms with van der Waals surface area (Å²) < 4.78 is 0. The van der Waals surface area contributed by atoms with E-state index in [1.54, 1.807) is 0 Å². The monoisotopic (exact) mass is 254 g/mol. The van der Waals surface area contributed by atoms with Crippen LogP contribution in [-0.2, 0) is 5.54 Å². The van der Waals surface area contributed by atoms with E-state index in [1.165, 1.54) is 11.1 Å². The highest BCUT2D eigenvalue weighted by molar-refractivity contribution is 5.39. The Morgan fingerprint density at radius 3 is 1.63 bits per heavy atom. The van der Waals surface area contributed by atoms with Gasteiger partial charge in [-0.3, -0.25) is 0 Å². The van der Waals surface area contributed by atoms with E-state index < -0.39 is 0 Å². The minimum Gasteiger partial charge on any atom is -0.328 e. The molecule has 0 aliphatic rings. The summed E-state index contributed by atoms with van der Waals surface area (Å²) in [5, 5.41) is 3.65. The summed E-state index contributed by atoms with van der Waals surface area (Å²) in [5.41, 5.74) is 8.25. The second-order valence-electron chi connectivity index (χ2n) is 5.14. The number of benzene rings is 2. The quantitative estimate of drug-likeness (QED) is 0.861. The maximum absolute atomic E-state index is 6.16. The predicted molar refractivity (Wildman–Crippen MR) is 81.0 cm³/mol. The van der Waals surface area contributed by atoms with Crippen LogP contribution in [0.25, 0.3) is 0 Å². The number of nitrogens with two attached hydrogens (primary N) is 1. The van der Waals surface area contributed by atoms with Crippen molar-refractivity contribution >= 4 is 0 Å². The Hall–Kier alpha value is -1.64. The maximum atomic E-state index is 6.16. The molecule has 2 rings (SSSR count). The molecule has 19 heavy (non-hydrogen) atoms. The van der Waals surface area contributed by atoms with Crippen LogP contribution in [0.3, 0.4) is 0 Å². The van der Waals surface area contributed by atoms with Crippen LogP contribution >= 0.6 is 0 Å². The molecule has 0 aliphatic carbocycles. The molecule has 0 atom stereocenters. The van der Waals surface area contributed by atoms with Gasteiger partial charge in [0.25, 0.3) is 0 Å². The fourth-order valence-electron chi connectivity index (χ4n) is 2.57. The lowest BCUT2D eigenvalue weighted by atomic mass is 9.82. The number of hydrogen-bond donors (Lipinski definition) is 2. The van der Waals surface area contributed by atoms with E-state index >= 15 is 0 Å². The van der Waals surface area contributed by atoms with Gasteiger partial charge in [-0.2, -0.15) is 0 Å². The smallest absolute Gasteiger partial charge is 0.0816 e. The van der Waals surface area contributed by atoms with Gasteiger partial charge in [0.05, 0.1) is 5.54 Å². The van der Waals surface area contributed by atoms with Crippen molar-refractivity contribution in [2.24, 2.45) is 5.73 Å². The Morgan fingerprint density at radius 2 is 1.32 bits per heavy atom. The molecule has 0 radical (unpaired) electrons. The third-order valence-electron chi connectivity index (χ3n) is 3.37. The molecule has 0 saturated heterocycles. The molecule has 0 aliphatic heterocycles. The highest BCUT2D eigenvalue weighted by Gasteiger charge is 2.32. The molecule has 0 saturated carbocycles. The summed E-state index contributed by atoms with van der Waals surface area (Å²) in [7, 11) is 0. The summed E-state index contributed by atoms with van der Waals surface area (Å²) in [6, 6.07) is 21.2. The minimum absolute atomic E-state index is 0.323.